The van der Waals surface area contributed by atoms with Gasteiger partial charge in [-0.3, -0.25) is 14.4 Å². The number of rotatable bonds is 2. The minimum absolute atomic E-state index is 0.0209. The maximum Gasteiger partial charge on any atom is 0.313 e. The molecule has 2 atom stereocenters. The topological polar surface area (TPSA) is 117 Å². The number of anilines is 3. The molecule has 0 spiro atoms. The van der Waals surface area contributed by atoms with Gasteiger partial charge in [0, 0.05) is 18.7 Å². The van der Waals surface area contributed by atoms with Crippen LogP contribution in [-0.4, -0.2) is 34.2 Å². The average molecular weight is 422 g/mol. The maximum absolute atomic E-state index is 13.1. The van der Waals surface area contributed by atoms with Crippen LogP contribution in [0.2, 0.25) is 0 Å². The number of aromatic nitrogens is 1. The van der Waals surface area contributed by atoms with Crippen LogP contribution in [0, 0.1) is 12.8 Å². The Morgan fingerprint density at radius 3 is 2.81 bits per heavy atom. The van der Waals surface area contributed by atoms with Gasteiger partial charge in [-0.05, 0) is 60.9 Å². The molecule has 2 aliphatic rings. The van der Waals surface area contributed by atoms with Crippen LogP contribution in [0.15, 0.2) is 30.5 Å². The Bertz CT molecular complexity index is 1050. The van der Waals surface area contributed by atoms with Gasteiger partial charge in [-0.15, -0.1) is 0 Å². The Balaban J connectivity index is 1.55. The summed E-state index contributed by atoms with van der Waals surface area (Å²) in [5.41, 5.74) is 9.79. The van der Waals surface area contributed by atoms with Crippen LogP contribution in [0.4, 0.5) is 17.2 Å². The average Bonchev–Trinajstić information content (AvgIpc) is 2.75. The number of hydrogen-bond donors (Lipinski definition) is 3. The first-order valence-electron chi connectivity index (χ1n) is 10.6. The van der Waals surface area contributed by atoms with Gasteiger partial charge in [0.05, 0.1) is 17.9 Å². The number of nitrogens with two attached hydrogens (primary N) is 1. The van der Waals surface area contributed by atoms with Gasteiger partial charge in [0.25, 0.3) is 0 Å². The summed E-state index contributed by atoms with van der Waals surface area (Å²) in [7, 11) is 0. The zero-order valence-corrected chi connectivity index (χ0v) is 17.8. The molecule has 0 unspecified atom stereocenters. The molecule has 2 aromatic rings. The SMILES string of the molecule is Cc1cc(NC(=O)C(=O)N2C[C@@H](C)CC[C@@H]2c2ccc3c(c2)CCC(=O)N3)cnc1N. The fourth-order valence-corrected chi connectivity index (χ4v) is 4.30. The van der Waals surface area contributed by atoms with E-state index in [0.29, 0.717) is 36.8 Å². The molecular formula is C23H27N5O3. The van der Waals surface area contributed by atoms with Crippen molar-refractivity contribution in [2.24, 2.45) is 5.92 Å². The highest BCUT2D eigenvalue weighted by atomic mass is 16.2. The van der Waals surface area contributed by atoms with E-state index < -0.39 is 11.8 Å². The summed E-state index contributed by atoms with van der Waals surface area (Å²) >= 11 is 0. The summed E-state index contributed by atoms with van der Waals surface area (Å²) in [6, 6.07) is 7.41. The fraction of sp³-hybridized carbons (Fsp3) is 0.391. The normalized spacial score (nSPS) is 20.6. The summed E-state index contributed by atoms with van der Waals surface area (Å²) in [6.07, 6.45) is 4.34. The molecule has 0 bridgehead atoms. The zero-order chi connectivity index (χ0) is 22.1. The van der Waals surface area contributed by atoms with Crippen molar-refractivity contribution in [3.63, 3.8) is 0 Å². The van der Waals surface area contributed by atoms with Crippen molar-refractivity contribution in [1.29, 1.82) is 0 Å². The predicted molar refractivity (Wildman–Crippen MR) is 118 cm³/mol. The Morgan fingerprint density at radius 2 is 2.03 bits per heavy atom. The smallest absolute Gasteiger partial charge is 0.313 e. The van der Waals surface area contributed by atoms with E-state index in [2.05, 4.69) is 28.6 Å². The number of piperidine rings is 1. The van der Waals surface area contributed by atoms with Crippen LogP contribution < -0.4 is 16.4 Å². The molecule has 0 aliphatic carbocycles. The highest BCUT2D eigenvalue weighted by Crippen LogP contribution is 2.36. The molecule has 1 fully saturated rings. The van der Waals surface area contributed by atoms with Crippen molar-refractivity contribution < 1.29 is 14.4 Å². The third kappa shape index (κ3) is 4.38. The van der Waals surface area contributed by atoms with Gasteiger partial charge in [0.2, 0.25) is 5.91 Å². The van der Waals surface area contributed by atoms with Crippen molar-refractivity contribution in [2.45, 2.75) is 45.6 Å². The van der Waals surface area contributed by atoms with Crippen LogP contribution >= 0.6 is 0 Å². The molecule has 8 heteroatoms. The van der Waals surface area contributed by atoms with E-state index in [-0.39, 0.29) is 11.9 Å². The summed E-state index contributed by atoms with van der Waals surface area (Å²) in [5.74, 6) is -0.525. The lowest BCUT2D eigenvalue weighted by atomic mass is 9.88. The largest absolute Gasteiger partial charge is 0.383 e. The van der Waals surface area contributed by atoms with Crippen LogP contribution in [0.25, 0.3) is 0 Å². The third-order valence-electron chi connectivity index (χ3n) is 6.06. The third-order valence-corrected chi connectivity index (χ3v) is 6.06. The van der Waals surface area contributed by atoms with E-state index >= 15 is 0 Å². The number of nitrogen functional groups attached to an aromatic ring is 1. The summed E-state index contributed by atoms with van der Waals surface area (Å²) in [5, 5.41) is 5.54. The predicted octanol–water partition coefficient (Wildman–Crippen LogP) is 2.80. The standard InChI is InChI=1S/C23H27N5O3/c1-13-3-7-19(16-4-6-18-15(10-16)5-8-20(29)27-18)28(12-13)23(31)22(30)26-17-9-14(2)21(24)25-11-17/h4,6,9-11,13,19H,3,5,7-8,12H2,1-2H3,(H2,24,25)(H,26,30)(H,27,29)/t13-,19+/m0/s1. The number of carbonyl (C=O) groups is 3. The molecule has 0 radical (unpaired) electrons. The van der Waals surface area contributed by atoms with Crippen molar-refractivity contribution in [3.8, 4) is 0 Å². The number of likely N-dealkylation sites (tertiary alicyclic amines) is 1. The number of aryl methyl sites for hydroxylation is 2. The monoisotopic (exact) mass is 421 g/mol. The second kappa shape index (κ2) is 8.37. The van der Waals surface area contributed by atoms with Gasteiger partial charge in [-0.2, -0.15) is 0 Å². The minimum Gasteiger partial charge on any atom is -0.383 e. The van der Waals surface area contributed by atoms with E-state index in [1.54, 1.807) is 17.9 Å². The van der Waals surface area contributed by atoms with Gasteiger partial charge in [0.1, 0.15) is 5.82 Å². The molecule has 3 amide bonds. The van der Waals surface area contributed by atoms with E-state index in [1.165, 1.54) is 6.20 Å². The summed E-state index contributed by atoms with van der Waals surface area (Å²) in [6.45, 7) is 4.40. The molecule has 1 saturated heterocycles. The van der Waals surface area contributed by atoms with Crippen molar-refractivity contribution in [3.05, 3.63) is 47.2 Å². The van der Waals surface area contributed by atoms with Gasteiger partial charge in [-0.25, -0.2) is 4.98 Å². The molecule has 4 rings (SSSR count). The molecule has 31 heavy (non-hydrogen) atoms. The molecule has 1 aromatic heterocycles. The summed E-state index contributed by atoms with van der Waals surface area (Å²) < 4.78 is 0. The first kappa shape index (κ1) is 20.8. The molecule has 162 valence electrons. The van der Waals surface area contributed by atoms with Gasteiger partial charge >= 0.3 is 11.8 Å². The summed E-state index contributed by atoms with van der Waals surface area (Å²) in [4.78, 5) is 43.2. The minimum atomic E-state index is -0.685. The lowest BCUT2D eigenvalue weighted by Crippen LogP contribution is -2.46. The highest BCUT2D eigenvalue weighted by Gasteiger charge is 2.34. The van der Waals surface area contributed by atoms with Crippen molar-refractivity contribution in [1.82, 2.24) is 9.88 Å². The number of nitrogens with zero attached hydrogens (tertiary/aromatic N) is 2. The first-order valence-corrected chi connectivity index (χ1v) is 10.6. The van der Waals surface area contributed by atoms with Crippen LogP contribution in [-0.2, 0) is 20.8 Å². The number of nitrogens with one attached hydrogen (secondary N) is 2. The van der Waals surface area contributed by atoms with E-state index in [9.17, 15) is 14.4 Å². The Morgan fingerprint density at radius 1 is 1.23 bits per heavy atom. The zero-order valence-electron chi connectivity index (χ0n) is 17.8. The number of benzene rings is 1. The highest BCUT2D eigenvalue weighted by molar-refractivity contribution is 6.39. The first-order chi connectivity index (χ1) is 14.8. The fourth-order valence-electron chi connectivity index (χ4n) is 4.30. The quantitative estimate of drug-likeness (QED) is 0.645. The number of amides is 3. The molecular weight excluding hydrogens is 394 g/mol. The van der Waals surface area contributed by atoms with E-state index in [4.69, 9.17) is 5.73 Å². The molecule has 0 saturated carbocycles. The number of pyridine rings is 1. The van der Waals surface area contributed by atoms with Crippen molar-refractivity contribution >= 4 is 34.9 Å². The Kier molecular flexibility index (Phi) is 5.63. The molecule has 4 N–H and O–H groups in total. The maximum atomic E-state index is 13.1. The Hall–Kier alpha value is -3.42. The number of carbonyl (C=O) groups excluding carboxylic acids is 3. The van der Waals surface area contributed by atoms with Crippen molar-refractivity contribution in [2.75, 3.05) is 22.9 Å². The molecule has 1 aromatic carbocycles. The van der Waals surface area contributed by atoms with Gasteiger partial charge in [-0.1, -0.05) is 19.1 Å². The molecule has 2 aliphatic heterocycles. The van der Waals surface area contributed by atoms with E-state index in [1.807, 2.05) is 12.1 Å². The molecule has 3 heterocycles. The second-order valence-electron chi connectivity index (χ2n) is 8.50. The number of fused-ring (bicyclic) bond motifs is 1. The van der Waals surface area contributed by atoms with Gasteiger partial charge in [0.15, 0.2) is 0 Å². The lowest BCUT2D eigenvalue weighted by molar-refractivity contribution is -0.146. The second-order valence-corrected chi connectivity index (χ2v) is 8.50. The van der Waals surface area contributed by atoms with Crippen LogP contribution in [0.1, 0.15) is 48.9 Å². The lowest BCUT2D eigenvalue weighted by Gasteiger charge is -2.39. The van der Waals surface area contributed by atoms with Gasteiger partial charge < -0.3 is 21.3 Å². The molecule has 8 nitrogen and oxygen atoms in total. The Labute approximate surface area is 181 Å². The van der Waals surface area contributed by atoms with Crippen LogP contribution in [0.5, 0.6) is 0 Å². The van der Waals surface area contributed by atoms with Crippen LogP contribution in [0.3, 0.4) is 0 Å². The number of hydrogen-bond acceptors (Lipinski definition) is 5. The van der Waals surface area contributed by atoms with E-state index in [0.717, 1.165) is 35.2 Å².